The molecule has 32 heavy (non-hydrogen) atoms. The van der Waals surface area contributed by atoms with Crippen LogP contribution in [0.3, 0.4) is 0 Å². The van der Waals surface area contributed by atoms with Gasteiger partial charge in [0.15, 0.2) is 0 Å². The maximum atomic E-state index is 13.4. The van der Waals surface area contributed by atoms with E-state index < -0.39 is 10.0 Å². The summed E-state index contributed by atoms with van der Waals surface area (Å²) in [5.74, 6) is -0.385. The molecule has 0 aliphatic heterocycles. The van der Waals surface area contributed by atoms with Crippen molar-refractivity contribution in [1.82, 2.24) is 5.32 Å². The maximum Gasteiger partial charge on any atom is 0.264 e. The van der Waals surface area contributed by atoms with E-state index in [0.717, 1.165) is 29.1 Å². The monoisotopic (exact) mass is 488 g/mol. The molecule has 0 aromatic heterocycles. The number of aryl methyl sites for hydroxylation is 1. The predicted molar refractivity (Wildman–Crippen MR) is 128 cm³/mol. The highest BCUT2D eigenvalue weighted by Crippen LogP contribution is 2.30. The zero-order chi connectivity index (χ0) is 22.7. The molecule has 4 rings (SSSR count). The van der Waals surface area contributed by atoms with E-state index in [-0.39, 0.29) is 23.4 Å². The highest BCUT2D eigenvalue weighted by atomic mass is 35.5. The third kappa shape index (κ3) is 4.93. The number of nitrogens with one attached hydrogen (secondary N) is 1. The van der Waals surface area contributed by atoms with Gasteiger partial charge in [-0.1, -0.05) is 53.5 Å². The molecule has 1 aliphatic rings. The average molecular weight is 489 g/mol. The van der Waals surface area contributed by atoms with E-state index in [4.69, 9.17) is 23.2 Å². The normalized spacial score (nSPS) is 15.6. The molecule has 1 N–H and O–H groups in total. The van der Waals surface area contributed by atoms with Gasteiger partial charge in [0.05, 0.1) is 16.6 Å². The van der Waals surface area contributed by atoms with Crippen LogP contribution in [0.4, 0.5) is 5.69 Å². The summed E-state index contributed by atoms with van der Waals surface area (Å²) < 4.78 is 28.0. The van der Waals surface area contributed by atoms with Gasteiger partial charge in [-0.15, -0.1) is 0 Å². The van der Waals surface area contributed by atoms with Crippen molar-refractivity contribution < 1.29 is 13.2 Å². The van der Waals surface area contributed by atoms with Crippen molar-refractivity contribution >= 4 is 44.8 Å². The summed E-state index contributed by atoms with van der Waals surface area (Å²) in [5, 5.41) is 3.82. The summed E-state index contributed by atoms with van der Waals surface area (Å²) in [5.41, 5.74) is 2.61. The lowest BCUT2D eigenvalue weighted by molar-refractivity contribution is -0.120. The van der Waals surface area contributed by atoms with Crippen LogP contribution in [0, 0.1) is 0 Å². The van der Waals surface area contributed by atoms with Crippen LogP contribution in [-0.2, 0) is 21.2 Å². The van der Waals surface area contributed by atoms with Crippen molar-refractivity contribution in [2.75, 3.05) is 10.8 Å². The van der Waals surface area contributed by atoms with Crippen molar-refractivity contribution in [3.8, 4) is 0 Å². The lowest BCUT2D eigenvalue weighted by atomic mass is 9.88. The number of benzene rings is 3. The van der Waals surface area contributed by atoms with Crippen molar-refractivity contribution in [2.45, 2.75) is 30.2 Å². The van der Waals surface area contributed by atoms with Gasteiger partial charge in [-0.05, 0) is 72.9 Å². The van der Waals surface area contributed by atoms with E-state index >= 15 is 0 Å². The van der Waals surface area contributed by atoms with Gasteiger partial charge in [-0.25, -0.2) is 8.42 Å². The van der Waals surface area contributed by atoms with E-state index in [1.54, 1.807) is 18.2 Å². The molecule has 1 unspecified atom stereocenters. The minimum Gasteiger partial charge on any atom is -0.348 e. The van der Waals surface area contributed by atoms with Crippen LogP contribution in [0.15, 0.2) is 77.7 Å². The van der Waals surface area contributed by atoms with Gasteiger partial charge in [0.25, 0.3) is 10.0 Å². The molecule has 0 saturated heterocycles. The summed E-state index contributed by atoms with van der Waals surface area (Å²) >= 11 is 12.0. The number of rotatable bonds is 6. The fourth-order valence-corrected chi connectivity index (χ4v) is 5.68. The van der Waals surface area contributed by atoms with Gasteiger partial charge in [0.2, 0.25) is 5.91 Å². The number of fused-ring (bicyclic) bond motifs is 1. The number of halogens is 2. The Hall–Kier alpha value is -2.54. The van der Waals surface area contributed by atoms with Crippen molar-refractivity contribution in [1.29, 1.82) is 0 Å². The van der Waals surface area contributed by atoms with Gasteiger partial charge in [-0.3, -0.25) is 9.10 Å². The summed E-state index contributed by atoms with van der Waals surface area (Å²) in [7, 11) is -4.03. The summed E-state index contributed by atoms with van der Waals surface area (Å²) in [6, 6.07) is 20.2. The molecule has 0 saturated carbocycles. The molecular weight excluding hydrogens is 467 g/mol. The molecular formula is C24H22Cl2N2O3S. The zero-order valence-corrected chi connectivity index (χ0v) is 19.5. The third-order valence-electron chi connectivity index (χ3n) is 5.49. The number of amides is 1. The first-order valence-corrected chi connectivity index (χ1v) is 12.5. The minimum absolute atomic E-state index is 0.0395. The number of anilines is 1. The Morgan fingerprint density at radius 3 is 2.47 bits per heavy atom. The number of hydrogen-bond donors (Lipinski definition) is 1. The van der Waals surface area contributed by atoms with E-state index in [0.29, 0.717) is 15.7 Å². The van der Waals surface area contributed by atoms with Gasteiger partial charge >= 0.3 is 0 Å². The Kier molecular flexibility index (Phi) is 6.74. The molecule has 1 atom stereocenters. The van der Waals surface area contributed by atoms with Crippen LogP contribution in [0.1, 0.15) is 30.0 Å². The first kappa shape index (κ1) is 22.6. The van der Waals surface area contributed by atoms with Crippen LogP contribution in [0.25, 0.3) is 0 Å². The Bertz CT molecular complexity index is 1230. The number of carbonyl (C=O) groups is 1. The number of hydrogen-bond acceptors (Lipinski definition) is 3. The lowest BCUT2D eigenvalue weighted by Crippen LogP contribution is -2.42. The molecule has 0 radical (unpaired) electrons. The molecule has 8 heteroatoms. The van der Waals surface area contributed by atoms with Crippen LogP contribution >= 0.6 is 23.2 Å². The Morgan fingerprint density at radius 1 is 0.969 bits per heavy atom. The second-order valence-corrected chi connectivity index (χ2v) is 10.4. The first-order chi connectivity index (χ1) is 15.3. The van der Waals surface area contributed by atoms with Gasteiger partial charge < -0.3 is 5.32 Å². The molecule has 0 fully saturated rings. The molecule has 1 aliphatic carbocycles. The highest BCUT2D eigenvalue weighted by molar-refractivity contribution is 7.92. The van der Waals surface area contributed by atoms with Gasteiger partial charge in [0, 0.05) is 10.0 Å². The first-order valence-electron chi connectivity index (χ1n) is 10.3. The fourth-order valence-electron chi connectivity index (χ4n) is 3.95. The van der Waals surface area contributed by atoms with Gasteiger partial charge in [-0.2, -0.15) is 0 Å². The highest BCUT2D eigenvalue weighted by Gasteiger charge is 2.29. The van der Waals surface area contributed by atoms with E-state index in [1.165, 1.54) is 35.9 Å². The number of carbonyl (C=O) groups excluding carboxylic acids is 1. The third-order valence-corrected chi connectivity index (χ3v) is 7.76. The molecule has 3 aromatic carbocycles. The maximum absolute atomic E-state index is 13.4. The average Bonchev–Trinajstić information content (AvgIpc) is 2.78. The summed E-state index contributed by atoms with van der Waals surface area (Å²) in [6.45, 7) is -0.371. The molecule has 5 nitrogen and oxygen atoms in total. The molecule has 166 valence electrons. The zero-order valence-electron chi connectivity index (χ0n) is 17.2. The predicted octanol–water partition coefficient (Wildman–Crippen LogP) is 5.38. The van der Waals surface area contributed by atoms with Gasteiger partial charge in [0.1, 0.15) is 6.54 Å². The quantitative estimate of drug-likeness (QED) is 0.506. The second-order valence-electron chi connectivity index (χ2n) is 7.66. The van der Waals surface area contributed by atoms with E-state index in [2.05, 4.69) is 11.4 Å². The van der Waals surface area contributed by atoms with Crippen molar-refractivity contribution in [2.24, 2.45) is 0 Å². The standard InChI is InChI=1S/C24H22Cl2N2O3S/c25-18-11-13-21(14-12-18)32(30,31)28(20-8-4-7-19(26)15-20)16-24(29)27-23-10-3-6-17-5-1-2-9-22(17)23/h1-2,4-5,7-9,11-15,23H,3,6,10,16H2,(H,27,29). The fraction of sp³-hybridized carbons (Fsp3) is 0.208. The SMILES string of the molecule is O=C(CN(c1cccc(Cl)c1)S(=O)(=O)c1ccc(Cl)cc1)NC1CCCc2ccccc21. The largest absolute Gasteiger partial charge is 0.348 e. The molecule has 0 spiro atoms. The van der Waals surface area contributed by atoms with E-state index in [1.807, 2.05) is 18.2 Å². The molecule has 0 heterocycles. The van der Waals surface area contributed by atoms with Crippen LogP contribution in [-0.4, -0.2) is 20.9 Å². The molecule has 3 aromatic rings. The lowest BCUT2D eigenvalue weighted by Gasteiger charge is -2.28. The second kappa shape index (κ2) is 9.53. The van der Waals surface area contributed by atoms with Crippen LogP contribution in [0.2, 0.25) is 10.0 Å². The number of nitrogens with zero attached hydrogens (tertiary/aromatic N) is 1. The van der Waals surface area contributed by atoms with Crippen LogP contribution < -0.4 is 9.62 Å². The van der Waals surface area contributed by atoms with Crippen molar-refractivity contribution in [3.63, 3.8) is 0 Å². The Morgan fingerprint density at radius 2 is 1.72 bits per heavy atom. The Labute approximate surface area is 198 Å². The summed E-state index contributed by atoms with van der Waals surface area (Å²) in [6.07, 6.45) is 2.75. The Balaban J connectivity index is 1.63. The topological polar surface area (TPSA) is 66.5 Å². The van der Waals surface area contributed by atoms with Crippen molar-refractivity contribution in [3.05, 3.63) is 94.0 Å². The molecule has 0 bridgehead atoms. The summed E-state index contributed by atoms with van der Waals surface area (Å²) in [4.78, 5) is 13.1. The smallest absolute Gasteiger partial charge is 0.264 e. The van der Waals surface area contributed by atoms with E-state index in [9.17, 15) is 13.2 Å². The molecule has 1 amide bonds. The van der Waals surface area contributed by atoms with Crippen LogP contribution in [0.5, 0.6) is 0 Å². The minimum atomic E-state index is -4.03. The number of sulfonamides is 1.